The molecule has 0 spiro atoms. The minimum absolute atomic E-state index is 0.207. The highest BCUT2D eigenvalue weighted by Gasteiger charge is 2.29. The van der Waals surface area contributed by atoms with Gasteiger partial charge in [0, 0.05) is 18.0 Å². The summed E-state index contributed by atoms with van der Waals surface area (Å²) >= 11 is 3.05. The topological polar surface area (TPSA) is 42.4 Å². The number of amides is 1. The van der Waals surface area contributed by atoms with E-state index in [1.54, 1.807) is 11.3 Å². The summed E-state index contributed by atoms with van der Waals surface area (Å²) in [4.78, 5) is 17.6. The van der Waals surface area contributed by atoms with Crippen molar-refractivity contribution in [2.24, 2.45) is 0 Å². The van der Waals surface area contributed by atoms with Crippen LogP contribution in [-0.4, -0.2) is 21.4 Å². The number of para-hydroxylation sites is 1. The lowest BCUT2D eigenvalue weighted by molar-refractivity contribution is 0.107. The minimum atomic E-state index is -0.269. The number of benzene rings is 2. The summed E-state index contributed by atoms with van der Waals surface area (Å²) in [6, 6.07) is 18.1. The molecule has 4 nitrogen and oxygen atoms in total. The van der Waals surface area contributed by atoms with Gasteiger partial charge in [0.05, 0.1) is 10.2 Å². The van der Waals surface area contributed by atoms with Crippen LogP contribution in [0.1, 0.15) is 37.7 Å². The van der Waals surface area contributed by atoms with E-state index >= 15 is 0 Å². The molecular weight excluding hydrogens is 376 g/mol. The predicted molar refractivity (Wildman–Crippen MR) is 111 cm³/mol. The molecule has 1 aromatic heterocycles. The summed E-state index contributed by atoms with van der Waals surface area (Å²) in [6.07, 6.45) is 5.35. The van der Waals surface area contributed by atoms with E-state index in [2.05, 4.69) is 11.1 Å². The number of rotatable bonds is 5. The molecule has 1 saturated carbocycles. The Morgan fingerprint density at radius 2 is 1.81 bits per heavy atom. The zero-order valence-corrected chi connectivity index (χ0v) is 16.7. The molecule has 27 heavy (non-hydrogen) atoms. The Kier molecular flexibility index (Phi) is 5.94. The molecule has 0 atom stereocenters. The van der Waals surface area contributed by atoms with Gasteiger partial charge >= 0.3 is 6.09 Å². The van der Waals surface area contributed by atoms with Crippen LogP contribution in [0.3, 0.4) is 0 Å². The first kappa shape index (κ1) is 18.3. The Hall–Kier alpha value is -2.05. The molecule has 0 bridgehead atoms. The molecule has 6 heteroatoms. The van der Waals surface area contributed by atoms with Gasteiger partial charge in [-0.3, -0.25) is 0 Å². The number of carbonyl (C=O) groups is 1. The van der Waals surface area contributed by atoms with Crippen LogP contribution in [0.2, 0.25) is 0 Å². The Bertz CT molecular complexity index is 858. The SMILES string of the molecule is O=C(OCc1ccccc1)N(Sc1nc2ccccc2s1)C1CCCCC1. The third kappa shape index (κ3) is 4.62. The monoisotopic (exact) mass is 398 g/mol. The highest BCUT2D eigenvalue weighted by atomic mass is 32.2. The van der Waals surface area contributed by atoms with Gasteiger partial charge in [0.15, 0.2) is 4.34 Å². The van der Waals surface area contributed by atoms with Crippen molar-refractivity contribution in [3.8, 4) is 0 Å². The molecule has 0 radical (unpaired) electrons. The molecular formula is C21H22N2O2S2. The maximum atomic E-state index is 12.9. The summed E-state index contributed by atoms with van der Waals surface area (Å²) in [7, 11) is 0. The second kappa shape index (κ2) is 8.76. The highest BCUT2D eigenvalue weighted by molar-refractivity contribution is 7.99. The molecule has 1 aliphatic carbocycles. The number of aromatic nitrogens is 1. The van der Waals surface area contributed by atoms with Gasteiger partial charge in [-0.15, -0.1) is 11.3 Å². The molecule has 0 saturated heterocycles. The molecule has 1 fully saturated rings. The number of hydrogen-bond donors (Lipinski definition) is 0. The normalized spacial score (nSPS) is 15.0. The quantitative estimate of drug-likeness (QED) is 0.475. The zero-order chi connectivity index (χ0) is 18.5. The first-order valence-electron chi connectivity index (χ1n) is 9.33. The molecule has 1 heterocycles. The minimum Gasteiger partial charge on any atom is -0.444 e. The van der Waals surface area contributed by atoms with Crippen LogP contribution in [0.15, 0.2) is 58.9 Å². The van der Waals surface area contributed by atoms with Gasteiger partial charge < -0.3 is 4.74 Å². The molecule has 2 aromatic carbocycles. The summed E-state index contributed by atoms with van der Waals surface area (Å²) in [5, 5.41) is 0. The summed E-state index contributed by atoms with van der Waals surface area (Å²) in [5.41, 5.74) is 1.98. The van der Waals surface area contributed by atoms with Crippen LogP contribution in [-0.2, 0) is 11.3 Å². The van der Waals surface area contributed by atoms with Crippen molar-refractivity contribution < 1.29 is 9.53 Å². The Labute approximate surface area is 167 Å². The van der Waals surface area contributed by atoms with Crippen LogP contribution in [0.5, 0.6) is 0 Å². The number of nitrogens with zero attached hydrogens (tertiary/aromatic N) is 2. The van der Waals surface area contributed by atoms with Gasteiger partial charge in [0.25, 0.3) is 0 Å². The van der Waals surface area contributed by atoms with E-state index in [0.29, 0.717) is 6.61 Å². The van der Waals surface area contributed by atoms with Gasteiger partial charge in [-0.1, -0.05) is 61.7 Å². The zero-order valence-electron chi connectivity index (χ0n) is 15.0. The van der Waals surface area contributed by atoms with Crippen LogP contribution in [0.4, 0.5) is 4.79 Å². The molecule has 140 valence electrons. The van der Waals surface area contributed by atoms with Crippen molar-refractivity contribution in [3.63, 3.8) is 0 Å². The fourth-order valence-electron chi connectivity index (χ4n) is 3.33. The van der Waals surface area contributed by atoms with Crippen molar-refractivity contribution >= 4 is 39.6 Å². The van der Waals surface area contributed by atoms with Crippen molar-refractivity contribution in [1.29, 1.82) is 0 Å². The van der Waals surface area contributed by atoms with Gasteiger partial charge in [0.2, 0.25) is 0 Å². The molecule has 0 aliphatic heterocycles. The van der Waals surface area contributed by atoms with Crippen molar-refractivity contribution in [3.05, 3.63) is 60.2 Å². The van der Waals surface area contributed by atoms with Gasteiger partial charge in [0.1, 0.15) is 6.61 Å². The van der Waals surface area contributed by atoms with E-state index in [4.69, 9.17) is 4.74 Å². The van der Waals surface area contributed by atoms with E-state index < -0.39 is 0 Å². The van der Waals surface area contributed by atoms with E-state index in [0.717, 1.165) is 45.8 Å². The standard InChI is InChI=1S/C21H22N2O2S2/c24-21(25-15-16-9-3-1-4-10-16)23(17-11-5-2-6-12-17)27-20-22-18-13-7-8-14-19(18)26-20/h1,3-4,7-10,13-14,17H,2,5-6,11-12,15H2. The van der Waals surface area contributed by atoms with Crippen molar-refractivity contribution in [1.82, 2.24) is 9.29 Å². The van der Waals surface area contributed by atoms with Gasteiger partial charge in [-0.25, -0.2) is 14.1 Å². The smallest absolute Gasteiger partial charge is 0.420 e. The fraction of sp³-hybridized carbons (Fsp3) is 0.333. The third-order valence-corrected chi connectivity index (χ3v) is 6.94. The Balaban J connectivity index is 1.49. The summed E-state index contributed by atoms with van der Waals surface area (Å²) in [6.45, 7) is 0.295. The molecule has 1 aliphatic rings. The third-order valence-electron chi connectivity index (χ3n) is 4.74. The lowest BCUT2D eigenvalue weighted by Gasteiger charge is -2.31. The second-order valence-corrected chi connectivity index (χ2v) is 8.95. The van der Waals surface area contributed by atoms with Crippen molar-refractivity contribution in [2.75, 3.05) is 0 Å². The van der Waals surface area contributed by atoms with Crippen LogP contribution in [0.25, 0.3) is 10.2 Å². The average molecular weight is 399 g/mol. The lowest BCUT2D eigenvalue weighted by Crippen LogP contribution is -2.36. The number of fused-ring (bicyclic) bond motifs is 1. The van der Waals surface area contributed by atoms with Crippen LogP contribution in [0, 0.1) is 0 Å². The number of thiazole rings is 1. The second-order valence-electron chi connectivity index (χ2n) is 6.70. The Morgan fingerprint density at radius 1 is 1.07 bits per heavy atom. The van der Waals surface area contributed by atoms with Crippen LogP contribution >= 0.6 is 23.3 Å². The summed E-state index contributed by atoms with van der Waals surface area (Å²) in [5.74, 6) is 0. The lowest BCUT2D eigenvalue weighted by atomic mass is 9.96. The first-order chi connectivity index (χ1) is 13.3. The van der Waals surface area contributed by atoms with E-state index in [1.165, 1.54) is 18.4 Å². The maximum Gasteiger partial charge on any atom is 0.420 e. The van der Waals surface area contributed by atoms with E-state index in [9.17, 15) is 4.79 Å². The molecule has 1 amide bonds. The average Bonchev–Trinajstić information content (AvgIpc) is 3.14. The Morgan fingerprint density at radius 3 is 2.59 bits per heavy atom. The number of hydrogen-bond acceptors (Lipinski definition) is 5. The largest absolute Gasteiger partial charge is 0.444 e. The molecule has 4 rings (SSSR count). The number of carbonyl (C=O) groups excluding carboxylic acids is 1. The number of ether oxygens (including phenoxy) is 1. The van der Waals surface area contributed by atoms with E-state index in [1.807, 2.05) is 52.8 Å². The first-order valence-corrected chi connectivity index (χ1v) is 10.9. The maximum absolute atomic E-state index is 12.9. The highest BCUT2D eigenvalue weighted by Crippen LogP contribution is 2.36. The van der Waals surface area contributed by atoms with Crippen LogP contribution < -0.4 is 0 Å². The molecule has 0 N–H and O–H groups in total. The van der Waals surface area contributed by atoms with E-state index in [-0.39, 0.29) is 12.1 Å². The molecule has 3 aromatic rings. The predicted octanol–water partition coefficient (Wildman–Crippen LogP) is 6.27. The molecule has 0 unspecified atom stereocenters. The van der Waals surface area contributed by atoms with Gasteiger partial charge in [-0.05, 0) is 30.5 Å². The fourth-order valence-corrected chi connectivity index (χ4v) is 5.48. The van der Waals surface area contributed by atoms with Crippen molar-refractivity contribution in [2.45, 2.75) is 49.1 Å². The summed E-state index contributed by atoms with van der Waals surface area (Å²) < 4.78 is 9.48. The van der Waals surface area contributed by atoms with Gasteiger partial charge in [-0.2, -0.15) is 0 Å².